The maximum Gasteiger partial charge on any atom is 0.250 e. The topological polar surface area (TPSA) is 148 Å². The number of anilines is 4. The lowest BCUT2D eigenvalue weighted by Crippen LogP contribution is -2.45. The fraction of sp³-hybridized carbons (Fsp3) is 0.308. The van der Waals surface area contributed by atoms with Gasteiger partial charge in [-0.05, 0) is 148 Å². The predicted molar refractivity (Wildman–Crippen MR) is 261 cm³/mol. The molecule has 8 aromatic rings. The lowest BCUT2D eigenvalue weighted by Gasteiger charge is -2.37. The van der Waals surface area contributed by atoms with Gasteiger partial charge in [0.05, 0.1) is 74.6 Å². The van der Waals surface area contributed by atoms with E-state index in [2.05, 4.69) is 44.8 Å². The Kier molecular flexibility index (Phi) is 12.6. The molecule has 1 atom stereocenters. The summed E-state index contributed by atoms with van der Waals surface area (Å²) in [6, 6.07) is 36.4. The zero-order chi connectivity index (χ0) is 45.9. The number of hydrogen-bond acceptors (Lipinski definition) is 13. The fourth-order valence-corrected chi connectivity index (χ4v) is 9.73. The van der Waals surface area contributed by atoms with Gasteiger partial charge in [-0.2, -0.15) is 0 Å². The van der Waals surface area contributed by atoms with Crippen LogP contribution in [0.15, 0.2) is 122 Å². The second-order valence-electron chi connectivity index (χ2n) is 17.1. The first-order valence-electron chi connectivity index (χ1n) is 22.9. The zero-order valence-corrected chi connectivity index (χ0v) is 38.3. The van der Waals surface area contributed by atoms with E-state index in [1.54, 1.807) is 40.8 Å². The van der Waals surface area contributed by atoms with E-state index in [9.17, 15) is 5.11 Å². The van der Waals surface area contributed by atoms with E-state index in [1.165, 1.54) is 11.1 Å². The van der Waals surface area contributed by atoms with E-state index >= 15 is 0 Å². The Labute approximate surface area is 389 Å². The van der Waals surface area contributed by atoms with Crippen molar-refractivity contribution in [1.29, 1.82) is 0 Å². The first-order chi connectivity index (χ1) is 32.9. The Balaban J connectivity index is 0.877. The monoisotopic (exact) mass is 900 g/mol. The molecule has 2 aliphatic rings. The van der Waals surface area contributed by atoms with Gasteiger partial charge in [-0.25, -0.2) is 19.0 Å². The summed E-state index contributed by atoms with van der Waals surface area (Å²) in [6.07, 6.45) is 6.53. The largest absolute Gasteiger partial charge is 0.496 e. The van der Waals surface area contributed by atoms with Gasteiger partial charge in [-0.1, -0.05) is 36.4 Å². The van der Waals surface area contributed by atoms with Crippen LogP contribution in [0.1, 0.15) is 48.6 Å². The third-order valence-corrected chi connectivity index (χ3v) is 13.3. The molecule has 15 nitrogen and oxygen atoms in total. The molecule has 0 spiro atoms. The van der Waals surface area contributed by atoms with E-state index in [1.807, 2.05) is 98.9 Å². The summed E-state index contributed by atoms with van der Waals surface area (Å²) < 4.78 is 27.1. The Hall–Kier alpha value is -7.20. The van der Waals surface area contributed by atoms with Crippen LogP contribution in [0.5, 0.6) is 23.0 Å². The Morgan fingerprint density at radius 1 is 0.642 bits per heavy atom. The lowest BCUT2D eigenvalue weighted by atomic mass is 9.89. The summed E-state index contributed by atoms with van der Waals surface area (Å²) >= 11 is 0. The van der Waals surface area contributed by atoms with Gasteiger partial charge in [0.25, 0.3) is 0 Å². The van der Waals surface area contributed by atoms with Crippen molar-refractivity contribution in [2.75, 3.05) is 71.4 Å². The number of aliphatic hydroxyl groups is 1. The highest BCUT2D eigenvalue weighted by atomic mass is 16.5. The van der Waals surface area contributed by atoms with Gasteiger partial charge in [0.15, 0.2) is 0 Å². The highest BCUT2D eigenvalue weighted by Gasteiger charge is 2.30. The van der Waals surface area contributed by atoms with Crippen LogP contribution in [0.3, 0.4) is 0 Å². The van der Waals surface area contributed by atoms with Gasteiger partial charge in [0.1, 0.15) is 29.2 Å². The van der Waals surface area contributed by atoms with E-state index in [0.29, 0.717) is 47.5 Å². The molecule has 4 aromatic heterocycles. The molecule has 2 fully saturated rings. The smallest absolute Gasteiger partial charge is 0.250 e. The maximum absolute atomic E-state index is 12.4. The quantitative estimate of drug-likeness (QED) is 0.0844. The van der Waals surface area contributed by atoms with Crippen molar-refractivity contribution in [3.05, 3.63) is 133 Å². The molecule has 2 saturated heterocycles. The van der Waals surface area contributed by atoms with Gasteiger partial charge in [-0.15, -0.1) is 10.2 Å². The van der Waals surface area contributed by atoms with Crippen LogP contribution in [0.2, 0.25) is 0 Å². The second kappa shape index (κ2) is 19.3. The van der Waals surface area contributed by atoms with Crippen LogP contribution < -0.4 is 34.5 Å². The average Bonchev–Trinajstić information content (AvgIpc) is 4.01. The van der Waals surface area contributed by atoms with Crippen LogP contribution >= 0.6 is 0 Å². The number of para-hydroxylation sites is 2. The zero-order valence-electron chi connectivity index (χ0n) is 38.3. The number of methoxy groups -OCH3 is 4. The third kappa shape index (κ3) is 8.80. The molecule has 0 aliphatic carbocycles. The number of piperidine rings is 2. The molecule has 1 unspecified atom stereocenters. The van der Waals surface area contributed by atoms with Crippen molar-refractivity contribution in [2.45, 2.75) is 43.7 Å². The maximum atomic E-state index is 12.4. The number of hydrogen-bond donors (Lipinski definition) is 3. The molecule has 15 heteroatoms. The van der Waals surface area contributed by atoms with Gasteiger partial charge in [-0.3, -0.25) is 9.80 Å². The van der Waals surface area contributed by atoms with Crippen molar-refractivity contribution >= 4 is 34.3 Å². The molecule has 0 bridgehead atoms. The summed E-state index contributed by atoms with van der Waals surface area (Å²) in [5.41, 5.74) is 9.18. The number of likely N-dealkylation sites (tertiary alicyclic amines) is 1. The van der Waals surface area contributed by atoms with Crippen molar-refractivity contribution in [2.24, 2.45) is 0 Å². The van der Waals surface area contributed by atoms with Crippen LogP contribution in [-0.4, -0.2) is 107 Å². The minimum Gasteiger partial charge on any atom is -0.496 e. The molecule has 10 rings (SSSR count). The summed E-state index contributed by atoms with van der Waals surface area (Å²) in [5.74, 6) is 4.41. The number of nitrogens with zero attached hydrogens (tertiary/aromatic N) is 8. The van der Waals surface area contributed by atoms with E-state index in [4.69, 9.17) is 34.1 Å². The first kappa shape index (κ1) is 43.7. The summed E-state index contributed by atoms with van der Waals surface area (Å²) in [6.45, 7) is 3.92. The number of aromatic nitrogens is 6. The number of nitrogens with one attached hydrogen (secondary N) is 2. The summed E-state index contributed by atoms with van der Waals surface area (Å²) in [5, 5.41) is 29.2. The number of benzene rings is 4. The van der Waals surface area contributed by atoms with Gasteiger partial charge >= 0.3 is 0 Å². The molecule has 4 aromatic carbocycles. The molecule has 0 amide bonds. The molecule has 3 N–H and O–H groups in total. The number of aliphatic hydroxyl groups excluding tert-OH is 1. The SMILES string of the molecule is COc1cc(C2CCN(CC(O)N(c3ncc4ccc(-c5ccccc5OC)n4n3)c3ccc(C4CCNCC4)cc3OC)CC2)ccc1Nc1ncc2ccc(-c3ccccc3OC)n2n1. The van der Waals surface area contributed by atoms with E-state index < -0.39 is 6.23 Å². The number of fused-ring (bicyclic) bond motifs is 2. The number of β-amino-alcohol motifs (C(OH)–C–C–N with tert-alkyl or cyclic N) is 1. The molecule has 67 heavy (non-hydrogen) atoms. The Morgan fingerprint density at radius 2 is 1.21 bits per heavy atom. The number of ether oxygens (including phenoxy) is 4. The van der Waals surface area contributed by atoms with Crippen LogP contribution in [0, 0.1) is 0 Å². The van der Waals surface area contributed by atoms with Crippen LogP contribution in [-0.2, 0) is 0 Å². The van der Waals surface area contributed by atoms with E-state index in [-0.39, 0.29) is 0 Å². The van der Waals surface area contributed by atoms with Crippen LogP contribution in [0.4, 0.5) is 23.3 Å². The molecule has 0 radical (unpaired) electrons. The Morgan fingerprint density at radius 3 is 1.85 bits per heavy atom. The summed E-state index contributed by atoms with van der Waals surface area (Å²) in [7, 11) is 6.71. The normalized spacial score (nSPS) is 15.4. The average molecular weight is 901 g/mol. The Bertz CT molecular complexity index is 2990. The highest BCUT2D eigenvalue weighted by Crippen LogP contribution is 2.40. The molecular weight excluding hydrogens is 845 g/mol. The third-order valence-electron chi connectivity index (χ3n) is 13.3. The predicted octanol–water partition coefficient (Wildman–Crippen LogP) is 8.69. The molecule has 0 saturated carbocycles. The fourth-order valence-electron chi connectivity index (χ4n) is 9.73. The highest BCUT2D eigenvalue weighted by molar-refractivity contribution is 5.74. The lowest BCUT2D eigenvalue weighted by molar-refractivity contribution is 0.0997. The van der Waals surface area contributed by atoms with Crippen LogP contribution in [0.25, 0.3) is 33.5 Å². The first-order valence-corrected chi connectivity index (χ1v) is 22.9. The second-order valence-corrected chi connectivity index (χ2v) is 17.1. The molecule has 2 aliphatic heterocycles. The molecule has 344 valence electrons. The van der Waals surface area contributed by atoms with Crippen molar-refractivity contribution in [1.82, 2.24) is 39.4 Å². The van der Waals surface area contributed by atoms with Crippen molar-refractivity contribution in [3.63, 3.8) is 0 Å². The van der Waals surface area contributed by atoms with Gasteiger partial charge in [0.2, 0.25) is 11.9 Å². The number of rotatable bonds is 15. The molecule has 6 heterocycles. The van der Waals surface area contributed by atoms with Crippen molar-refractivity contribution < 1.29 is 24.1 Å². The minimum atomic E-state index is -0.998. The minimum absolute atomic E-state index is 0.304. The standard InChI is InChI=1S/C52H56N10O5/c1-64-46-11-7-5-9-40(46)43-19-15-38-31-54-51(57-61(38)43)56-42-17-13-36(29-48(42)66-3)35-23-27-59(28-24-35)33-50(63)60(45-18-14-37(30-49(45)67-4)34-21-25-53-26-22-34)52-55-32-39-16-20-44(62(39)58-52)41-10-6-8-12-47(41)65-2/h5-20,29-32,34-35,50,53,63H,21-28,33H2,1-4H3,(H,56,57). The summed E-state index contributed by atoms with van der Waals surface area (Å²) in [4.78, 5) is 13.6. The molecular formula is C52H56N10O5. The van der Waals surface area contributed by atoms with Gasteiger partial charge in [0, 0.05) is 17.7 Å². The van der Waals surface area contributed by atoms with Gasteiger partial charge < -0.3 is 34.7 Å². The van der Waals surface area contributed by atoms with E-state index in [0.717, 1.165) is 103 Å². The van der Waals surface area contributed by atoms with Crippen molar-refractivity contribution in [3.8, 4) is 45.5 Å².